The predicted octanol–water partition coefficient (Wildman–Crippen LogP) is 2.16. The van der Waals surface area contributed by atoms with Crippen molar-refractivity contribution in [3.63, 3.8) is 0 Å². The molecule has 3 heteroatoms. The molecule has 1 rings (SSSR count). The highest BCUT2D eigenvalue weighted by molar-refractivity contribution is 5.89. The summed E-state index contributed by atoms with van der Waals surface area (Å²) in [6, 6.07) is 2.20. The molecule has 0 fully saturated rings. The zero-order valence-corrected chi connectivity index (χ0v) is 8.50. The summed E-state index contributed by atoms with van der Waals surface area (Å²) in [7, 11) is 1.40. The van der Waals surface area contributed by atoms with Gasteiger partial charge in [0.1, 0.15) is 5.69 Å². The Morgan fingerprint density at radius 1 is 1.54 bits per heavy atom. The van der Waals surface area contributed by atoms with E-state index in [1.54, 1.807) is 0 Å². The first-order valence-corrected chi connectivity index (χ1v) is 4.33. The number of esters is 1. The van der Waals surface area contributed by atoms with Crippen LogP contribution in [0, 0.1) is 6.92 Å². The molecule has 0 atom stereocenters. The maximum Gasteiger partial charge on any atom is 0.354 e. The molecule has 0 saturated carbocycles. The highest BCUT2D eigenvalue weighted by Gasteiger charge is 2.16. The minimum Gasteiger partial charge on any atom is -0.464 e. The van der Waals surface area contributed by atoms with Gasteiger partial charge in [-0.05, 0) is 32.4 Å². The van der Waals surface area contributed by atoms with Gasteiger partial charge in [-0.2, -0.15) is 0 Å². The van der Waals surface area contributed by atoms with Gasteiger partial charge in [0.05, 0.1) is 7.11 Å². The van der Waals surface area contributed by atoms with Gasteiger partial charge in [0.15, 0.2) is 0 Å². The smallest absolute Gasteiger partial charge is 0.354 e. The van der Waals surface area contributed by atoms with Gasteiger partial charge in [-0.25, -0.2) is 4.79 Å². The Bertz CT molecular complexity index is 313. The molecule has 0 amide bonds. The molecule has 0 bridgehead atoms. The van der Waals surface area contributed by atoms with Crippen molar-refractivity contribution in [2.45, 2.75) is 26.8 Å². The highest BCUT2D eigenvalue weighted by Crippen LogP contribution is 2.16. The first-order chi connectivity index (χ1) is 6.07. The van der Waals surface area contributed by atoms with Crippen molar-refractivity contribution < 1.29 is 9.53 Å². The van der Waals surface area contributed by atoms with Crippen LogP contribution in [0.2, 0.25) is 0 Å². The van der Waals surface area contributed by atoms with Crippen molar-refractivity contribution in [2.75, 3.05) is 7.11 Å². The predicted molar refractivity (Wildman–Crippen MR) is 50.9 cm³/mol. The molecule has 0 aliphatic carbocycles. The van der Waals surface area contributed by atoms with E-state index < -0.39 is 0 Å². The molecule has 72 valence electrons. The molecule has 1 heterocycles. The average molecular weight is 181 g/mol. The summed E-state index contributed by atoms with van der Waals surface area (Å²) in [4.78, 5) is 11.4. The van der Waals surface area contributed by atoms with Gasteiger partial charge in [0.25, 0.3) is 0 Å². The second-order valence-electron chi connectivity index (χ2n) is 3.34. The Kier molecular flexibility index (Phi) is 2.76. The van der Waals surface area contributed by atoms with Crippen LogP contribution in [0.25, 0.3) is 0 Å². The monoisotopic (exact) mass is 181 g/mol. The van der Waals surface area contributed by atoms with Crippen molar-refractivity contribution in [3.8, 4) is 0 Å². The number of rotatable bonds is 2. The van der Waals surface area contributed by atoms with Crippen molar-refractivity contribution in [1.82, 2.24) is 4.57 Å². The molecular formula is C10H15NO2. The SMILES string of the molecule is COC(=O)c1c(C)ccn1C(C)C. The summed E-state index contributed by atoms with van der Waals surface area (Å²) in [6.07, 6.45) is 1.91. The van der Waals surface area contributed by atoms with Crippen molar-refractivity contribution >= 4 is 5.97 Å². The fourth-order valence-electron chi connectivity index (χ4n) is 1.34. The third-order valence-electron chi connectivity index (χ3n) is 2.05. The molecule has 0 saturated heterocycles. The molecule has 13 heavy (non-hydrogen) atoms. The van der Waals surface area contributed by atoms with Crippen LogP contribution in [0.3, 0.4) is 0 Å². The number of hydrogen-bond donors (Lipinski definition) is 0. The number of carbonyl (C=O) groups excluding carboxylic acids is 1. The van der Waals surface area contributed by atoms with E-state index in [2.05, 4.69) is 0 Å². The second kappa shape index (κ2) is 3.64. The van der Waals surface area contributed by atoms with E-state index in [1.807, 2.05) is 37.6 Å². The molecule has 3 nitrogen and oxygen atoms in total. The van der Waals surface area contributed by atoms with Crippen molar-refractivity contribution in [3.05, 3.63) is 23.5 Å². The zero-order chi connectivity index (χ0) is 10.0. The number of carbonyl (C=O) groups is 1. The van der Waals surface area contributed by atoms with Gasteiger partial charge in [-0.3, -0.25) is 0 Å². The summed E-state index contributed by atoms with van der Waals surface area (Å²) >= 11 is 0. The van der Waals surface area contributed by atoms with Gasteiger partial charge in [-0.15, -0.1) is 0 Å². The molecule has 0 aliphatic heterocycles. The summed E-state index contributed by atoms with van der Waals surface area (Å²) < 4.78 is 6.62. The third kappa shape index (κ3) is 1.74. The number of hydrogen-bond acceptors (Lipinski definition) is 2. The van der Waals surface area contributed by atoms with Crippen LogP contribution < -0.4 is 0 Å². The summed E-state index contributed by atoms with van der Waals surface area (Å²) in [6.45, 7) is 5.98. The third-order valence-corrected chi connectivity index (χ3v) is 2.05. The first kappa shape index (κ1) is 9.84. The Balaban J connectivity index is 3.16. The number of nitrogens with zero attached hydrogens (tertiary/aromatic N) is 1. The summed E-state index contributed by atoms with van der Waals surface area (Å²) in [5, 5.41) is 0. The minimum atomic E-state index is -0.267. The number of ether oxygens (including phenoxy) is 1. The molecule has 0 radical (unpaired) electrons. The van der Waals surface area contributed by atoms with Gasteiger partial charge in [-0.1, -0.05) is 0 Å². The van der Waals surface area contributed by atoms with E-state index in [-0.39, 0.29) is 12.0 Å². The quantitative estimate of drug-likeness (QED) is 0.655. The average Bonchev–Trinajstić information content (AvgIpc) is 2.46. The lowest BCUT2D eigenvalue weighted by atomic mass is 10.2. The van der Waals surface area contributed by atoms with Crippen molar-refractivity contribution in [2.24, 2.45) is 0 Å². The molecule has 0 aromatic carbocycles. The van der Waals surface area contributed by atoms with Gasteiger partial charge < -0.3 is 9.30 Å². The molecule has 0 N–H and O–H groups in total. The first-order valence-electron chi connectivity index (χ1n) is 4.33. The second-order valence-corrected chi connectivity index (χ2v) is 3.34. The van der Waals surface area contributed by atoms with Crippen LogP contribution >= 0.6 is 0 Å². The minimum absolute atomic E-state index is 0.267. The van der Waals surface area contributed by atoms with Crippen LogP contribution in [-0.4, -0.2) is 17.6 Å². The van der Waals surface area contributed by atoms with E-state index in [0.717, 1.165) is 5.56 Å². The van der Waals surface area contributed by atoms with Crippen molar-refractivity contribution in [1.29, 1.82) is 0 Å². The van der Waals surface area contributed by atoms with E-state index in [4.69, 9.17) is 4.74 Å². The lowest BCUT2D eigenvalue weighted by molar-refractivity contribution is 0.0586. The van der Waals surface area contributed by atoms with E-state index in [1.165, 1.54) is 7.11 Å². The topological polar surface area (TPSA) is 31.2 Å². The van der Waals surface area contributed by atoms with Gasteiger partial charge >= 0.3 is 5.97 Å². The van der Waals surface area contributed by atoms with Crippen LogP contribution in [0.4, 0.5) is 0 Å². The Morgan fingerprint density at radius 3 is 2.62 bits per heavy atom. The lowest BCUT2D eigenvalue weighted by Crippen LogP contribution is -2.12. The molecule has 1 aromatic heterocycles. The molecule has 0 aliphatic rings. The van der Waals surface area contributed by atoms with Crippen LogP contribution in [0.15, 0.2) is 12.3 Å². The van der Waals surface area contributed by atoms with Gasteiger partial charge in [0.2, 0.25) is 0 Å². The Labute approximate surface area is 78.3 Å². The maximum atomic E-state index is 11.4. The molecule has 0 unspecified atom stereocenters. The fraction of sp³-hybridized carbons (Fsp3) is 0.500. The molecule has 1 aromatic rings. The number of aromatic nitrogens is 1. The van der Waals surface area contributed by atoms with Crippen LogP contribution in [0.5, 0.6) is 0 Å². The summed E-state index contributed by atoms with van der Waals surface area (Å²) in [5.74, 6) is -0.267. The number of methoxy groups -OCH3 is 1. The van der Waals surface area contributed by atoms with E-state index >= 15 is 0 Å². The van der Waals surface area contributed by atoms with E-state index in [0.29, 0.717) is 5.69 Å². The fourth-order valence-corrected chi connectivity index (χ4v) is 1.34. The van der Waals surface area contributed by atoms with E-state index in [9.17, 15) is 4.79 Å². The summed E-state index contributed by atoms with van der Waals surface area (Å²) in [5.41, 5.74) is 1.61. The standard InChI is InChI=1S/C10H15NO2/c1-7(2)11-6-5-8(3)9(11)10(12)13-4/h5-7H,1-4H3. The Hall–Kier alpha value is -1.25. The lowest BCUT2D eigenvalue weighted by Gasteiger charge is -2.11. The van der Waals surface area contributed by atoms with Crippen LogP contribution in [0.1, 0.15) is 35.9 Å². The maximum absolute atomic E-state index is 11.4. The normalized spacial score (nSPS) is 10.5. The Morgan fingerprint density at radius 2 is 2.15 bits per heavy atom. The zero-order valence-electron chi connectivity index (χ0n) is 8.50. The highest BCUT2D eigenvalue weighted by atomic mass is 16.5. The van der Waals surface area contributed by atoms with Gasteiger partial charge in [0, 0.05) is 12.2 Å². The molecular weight excluding hydrogens is 166 g/mol. The molecule has 0 spiro atoms. The van der Waals surface area contributed by atoms with Crippen LogP contribution in [-0.2, 0) is 4.74 Å². The number of aryl methyl sites for hydroxylation is 1. The largest absolute Gasteiger partial charge is 0.464 e.